The van der Waals surface area contributed by atoms with Gasteiger partial charge >= 0.3 is 4.87 Å². The summed E-state index contributed by atoms with van der Waals surface area (Å²) < 4.78 is 4.42. The molecule has 3 aromatic rings. The zero-order valence-electron chi connectivity index (χ0n) is 10.6. The molecule has 3 aromatic heterocycles. The lowest BCUT2D eigenvalue weighted by Gasteiger charge is -2.02. The number of nitrogens with zero attached hydrogens (tertiary/aromatic N) is 3. The summed E-state index contributed by atoms with van der Waals surface area (Å²) in [6.07, 6.45) is 0.849. The van der Waals surface area contributed by atoms with Crippen molar-refractivity contribution in [3.63, 3.8) is 0 Å². The Kier molecular flexibility index (Phi) is 2.90. The Morgan fingerprint density at radius 3 is 2.89 bits per heavy atom. The third kappa shape index (κ3) is 1.96. The van der Waals surface area contributed by atoms with Gasteiger partial charge in [0.1, 0.15) is 5.52 Å². The van der Waals surface area contributed by atoms with Crippen LogP contribution in [0.3, 0.4) is 0 Å². The molecule has 19 heavy (non-hydrogen) atoms. The first-order valence-electron chi connectivity index (χ1n) is 5.91. The minimum atomic E-state index is -0.0486. The smallest absolute Gasteiger partial charge is 0.304 e. The SMILES string of the molecule is CCc1nn(C)c2c1[nH]c(=S)n2Cc1csc(=O)[nH]1. The summed E-state index contributed by atoms with van der Waals surface area (Å²) in [5, 5.41) is 6.29. The minimum Gasteiger partial charge on any atom is -0.328 e. The number of hydrogen-bond donors (Lipinski definition) is 2. The van der Waals surface area contributed by atoms with Crippen molar-refractivity contribution in [2.24, 2.45) is 7.05 Å². The summed E-state index contributed by atoms with van der Waals surface area (Å²) >= 11 is 6.52. The zero-order chi connectivity index (χ0) is 13.6. The molecule has 0 fully saturated rings. The molecule has 100 valence electrons. The summed E-state index contributed by atoms with van der Waals surface area (Å²) in [5.74, 6) is 0. The van der Waals surface area contributed by atoms with Crippen LogP contribution in [0.5, 0.6) is 0 Å². The molecule has 0 aliphatic rings. The van der Waals surface area contributed by atoms with Gasteiger partial charge in [0.05, 0.1) is 12.2 Å². The number of aryl methyl sites for hydroxylation is 2. The van der Waals surface area contributed by atoms with Crippen LogP contribution >= 0.6 is 23.6 Å². The van der Waals surface area contributed by atoms with Crippen LogP contribution in [-0.4, -0.2) is 24.3 Å². The van der Waals surface area contributed by atoms with Gasteiger partial charge in [-0.1, -0.05) is 18.3 Å². The number of imidazole rings is 1. The summed E-state index contributed by atoms with van der Waals surface area (Å²) in [6, 6.07) is 0. The highest BCUT2D eigenvalue weighted by molar-refractivity contribution is 7.71. The quantitative estimate of drug-likeness (QED) is 0.724. The number of thiazole rings is 1. The molecule has 3 rings (SSSR count). The van der Waals surface area contributed by atoms with E-state index in [1.807, 2.05) is 21.7 Å². The van der Waals surface area contributed by atoms with E-state index in [2.05, 4.69) is 22.0 Å². The molecule has 2 N–H and O–H groups in total. The molecule has 0 aliphatic carbocycles. The number of hydrogen-bond acceptors (Lipinski definition) is 4. The highest BCUT2D eigenvalue weighted by Crippen LogP contribution is 2.19. The lowest BCUT2D eigenvalue weighted by molar-refractivity contribution is 0.703. The van der Waals surface area contributed by atoms with Gasteiger partial charge in [-0.05, 0) is 18.6 Å². The van der Waals surface area contributed by atoms with Gasteiger partial charge in [-0.25, -0.2) is 0 Å². The van der Waals surface area contributed by atoms with E-state index in [1.165, 1.54) is 0 Å². The van der Waals surface area contributed by atoms with Crippen LogP contribution in [0.2, 0.25) is 0 Å². The summed E-state index contributed by atoms with van der Waals surface area (Å²) in [6.45, 7) is 2.60. The molecule has 0 amide bonds. The van der Waals surface area contributed by atoms with E-state index in [0.29, 0.717) is 11.3 Å². The minimum absolute atomic E-state index is 0.0486. The third-order valence-electron chi connectivity index (χ3n) is 3.06. The fourth-order valence-corrected chi connectivity index (χ4v) is 3.06. The molecular formula is C11H13N5OS2. The maximum atomic E-state index is 11.2. The van der Waals surface area contributed by atoms with E-state index >= 15 is 0 Å². The molecule has 0 bridgehead atoms. The predicted molar refractivity (Wildman–Crippen MR) is 77.3 cm³/mol. The predicted octanol–water partition coefficient (Wildman–Crippen LogP) is 1.79. The van der Waals surface area contributed by atoms with Gasteiger partial charge in [-0.2, -0.15) is 5.10 Å². The second kappa shape index (κ2) is 4.46. The van der Waals surface area contributed by atoms with Gasteiger partial charge in [-0.15, -0.1) is 0 Å². The summed E-state index contributed by atoms with van der Waals surface area (Å²) in [7, 11) is 1.90. The Hall–Kier alpha value is -1.67. The lowest BCUT2D eigenvalue weighted by Crippen LogP contribution is -2.06. The van der Waals surface area contributed by atoms with Crippen molar-refractivity contribution in [2.75, 3.05) is 0 Å². The average molecular weight is 295 g/mol. The fourth-order valence-electron chi connectivity index (χ4n) is 2.23. The first-order chi connectivity index (χ1) is 9.10. The van der Waals surface area contributed by atoms with Crippen molar-refractivity contribution in [2.45, 2.75) is 19.9 Å². The van der Waals surface area contributed by atoms with Gasteiger partial charge in [0.2, 0.25) is 0 Å². The number of rotatable bonds is 3. The topological polar surface area (TPSA) is 71.4 Å². The molecule has 8 heteroatoms. The van der Waals surface area contributed by atoms with Gasteiger partial charge in [-0.3, -0.25) is 14.0 Å². The molecule has 0 saturated carbocycles. The van der Waals surface area contributed by atoms with E-state index in [9.17, 15) is 4.79 Å². The third-order valence-corrected chi connectivity index (χ3v) is 4.10. The van der Waals surface area contributed by atoms with Crippen LogP contribution in [-0.2, 0) is 20.0 Å². The molecule has 0 aromatic carbocycles. The van der Waals surface area contributed by atoms with Crippen LogP contribution in [0.4, 0.5) is 0 Å². The van der Waals surface area contributed by atoms with E-state index in [-0.39, 0.29) is 4.87 Å². The Labute approximate surface area is 117 Å². The Bertz CT molecular complexity index is 847. The lowest BCUT2D eigenvalue weighted by atomic mass is 10.3. The van der Waals surface area contributed by atoms with Crippen molar-refractivity contribution in [1.29, 1.82) is 0 Å². The van der Waals surface area contributed by atoms with Crippen LogP contribution in [0.25, 0.3) is 11.2 Å². The Balaban J connectivity index is 2.17. The van der Waals surface area contributed by atoms with Crippen molar-refractivity contribution in [1.82, 2.24) is 24.3 Å². The molecule has 0 aliphatic heterocycles. The molecule has 0 radical (unpaired) electrons. The van der Waals surface area contributed by atoms with Crippen molar-refractivity contribution in [3.8, 4) is 0 Å². The molecule has 0 saturated heterocycles. The zero-order valence-corrected chi connectivity index (χ0v) is 12.2. The number of nitrogens with one attached hydrogen (secondary N) is 2. The van der Waals surface area contributed by atoms with Crippen molar-refractivity contribution in [3.05, 3.63) is 31.2 Å². The first-order valence-corrected chi connectivity index (χ1v) is 7.20. The highest BCUT2D eigenvalue weighted by atomic mass is 32.1. The Morgan fingerprint density at radius 1 is 1.47 bits per heavy atom. The van der Waals surface area contributed by atoms with E-state index in [4.69, 9.17) is 12.2 Å². The second-order valence-electron chi connectivity index (χ2n) is 4.31. The Morgan fingerprint density at radius 2 is 2.26 bits per heavy atom. The van der Waals surface area contributed by atoms with Gasteiger partial charge in [0.15, 0.2) is 10.4 Å². The molecular weight excluding hydrogens is 282 g/mol. The van der Waals surface area contributed by atoms with Gasteiger partial charge in [0.25, 0.3) is 0 Å². The molecule has 0 spiro atoms. The maximum Gasteiger partial charge on any atom is 0.304 e. The number of fused-ring (bicyclic) bond motifs is 1. The maximum absolute atomic E-state index is 11.2. The van der Waals surface area contributed by atoms with Crippen molar-refractivity contribution >= 4 is 34.7 Å². The monoisotopic (exact) mass is 295 g/mol. The standard InChI is InChI=1S/C11H13N5OS2/c1-3-7-8-9(15(2)14-7)16(10(18)13-8)4-6-5-19-11(17)12-6/h5H,3-4H2,1-2H3,(H,12,17)(H,13,18). The largest absolute Gasteiger partial charge is 0.328 e. The summed E-state index contributed by atoms with van der Waals surface area (Å²) in [5.41, 5.74) is 3.79. The van der Waals surface area contributed by atoms with Crippen LogP contribution in [0.15, 0.2) is 10.2 Å². The van der Waals surface area contributed by atoms with E-state index in [0.717, 1.165) is 40.3 Å². The normalized spacial score (nSPS) is 11.5. The fraction of sp³-hybridized carbons (Fsp3) is 0.364. The number of aromatic amines is 2. The molecule has 0 unspecified atom stereocenters. The molecule has 6 nitrogen and oxygen atoms in total. The van der Waals surface area contributed by atoms with Crippen LogP contribution < -0.4 is 4.87 Å². The highest BCUT2D eigenvalue weighted by Gasteiger charge is 2.14. The number of H-pyrrole nitrogens is 2. The molecule has 0 atom stereocenters. The molecule has 3 heterocycles. The van der Waals surface area contributed by atoms with E-state index in [1.54, 1.807) is 0 Å². The van der Waals surface area contributed by atoms with Crippen LogP contribution in [0, 0.1) is 4.77 Å². The van der Waals surface area contributed by atoms with Crippen molar-refractivity contribution < 1.29 is 0 Å². The number of aromatic nitrogens is 5. The van der Waals surface area contributed by atoms with Crippen LogP contribution in [0.1, 0.15) is 18.3 Å². The average Bonchev–Trinajstić information content (AvgIpc) is 3.00. The van der Waals surface area contributed by atoms with Gasteiger partial charge in [0, 0.05) is 18.1 Å². The first kappa shape index (κ1) is 12.4. The van der Waals surface area contributed by atoms with E-state index < -0.39 is 0 Å². The van der Waals surface area contributed by atoms with Gasteiger partial charge < -0.3 is 9.97 Å². The summed E-state index contributed by atoms with van der Waals surface area (Å²) in [4.78, 5) is 17.1. The second-order valence-corrected chi connectivity index (χ2v) is 5.54.